The molecule has 122 valence electrons. The second-order valence-electron chi connectivity index (χ2n) is 5.74. The topological polar surface area (TPSA) is 24.1 Å². The molecule has 0 heterocycles. The zero-order valence-corrected chi connectivity index (χ0v) is 15.5. The van der Waals surface area contributed by atoms with Crippen LogP contribution >= 0.6 is 35.1 Å². The van der Waals surface area contributed by atoms with Gasteiger partial charge in [0.25, 0.3) is 0 Å². The van der Waals surface area contributed by atoms with Gasteiger partial charge in [0.1, 0.15) is 0 Å². The van der Waals surface area contributed by atoms with Crippen molar-refractivity contribution < 1.29 is 0 Å². The van der Waals surface area contributed by atoms with Gasteiger partial charge in [-0.3, -0.25) is 4.72 Å². The molecule has 5 heteroatoms. The molecule has 3 rings (SSSR count). The normalized spacial score (nSPS) is 20.3. The van der Waals surface area contributed by atoms with Gasteiger partial charge in [-0.25, -0.2) is 0 Å². The van der Waals surface area contributed by atoms with Gasteiger partial charge >= 0.3 is 0 Å². The molecular formula is C18H20Cl2N2S. The van der Waals surface area contributed by atoms with Crippen molar-refractivity contribution in [2.75, 3.05) is 14.1 Å². The van der Waals surface area contributed by atoms with E-state index in [0.717, 1.165) is 12.8 Å². The van der Waals surface area contributed by atoms with Crippen LogP contribution in [0.1, 0.15) is 41.5 Å². The van der Waals surface area contributed by atoms with Crippen molar-refractivity contribution in [1.29, 1.82) is 0 Å². The molecule has 1 aliphatic carbocycles. The molecule has 0 fully saturated rings. The Labute approximate surface area is 152 Å². The third-order valence-corrected chi connectivity index (χ3v) is 5.90. The molecule has 2 N–H and O–H groups in total. The van der Waals surface area contributed by atoms with Crippen LogP contribution in [0, 0.1) is 0 Å². The molecule has 0 spiro atoms. The van der Waals surface area contributed by atoms with Gasteiger partial charge in [-0.2, -0.15) is 0 Å². The van der Waals surface area contributed by atoms with Crippen molar-refractivity contribution in [3.63, 3.8) is 0 Å². The molecule has 0 saturated heterocycles. The van der Waals surface area contributed by atoms with Crippen LogP contribution in [0.5, 0.6) is 0 Å². The molecule has 0 aliphatic heterocycles. The Morgan fingerprint density at radius 3 is 2.48 bits per heavy atom. The van der Waals surface area contributed by atoms with Crippen molar-refractivity contribution in [3.05, 3.63) is 63.1 Å². The summed E-state index contributed by atoms with van der Waals surface area (Å²) in [6.45, 7) is 0. The number of rotatable bonds is 4. The summed E-state index contributed by atoms with van der Waals surface area (Å²) in [5.41, 5.74) is 4.01. The van der Waals surface area contributed by atoms with Crippen molar-refractivity contribution >= 4 is 35.1 Å². The molecule has 23 heavy (non-hydrogen) atoms. The molecule has 1 aliphatic rings. The van der Waals surface area contributed by atoms with Gasteiger partial charge in [0, 0.05) is 16.9 Å². The quantitative estimate of drug-likeness (QED) is 0.707. The SMILES string of the molecule is CNSc1ccc2c(c1)C(NC)CCC2c1ccc(Cl)c(Cl)c1. The van der Waals surface area contributed by atoms with Gasteiger partial charge in [-0.15, -0.1) is 0 Å². The summed E-state index contributed by atoms with van der Waals surface area (Å²) in [6, 6.07) is 13.1. The number of hydrogen-bond acceptors (Lipinski definition) is 3. The average molecular weight is 367 g/mol. The van der Waals surface area contributed by atoms with Gasteiger partial charge in [0.15, 0.2) is 0 Å². The molecule has 0 amide bonds. The monoisotopic (exact) mass is 366 g/mol. The van der Waals surface area contributed by atoms with Crippen LogP contribution in [0.4, 0.5) is 0 Å². The smallest absolute Gasteiger partial charge is 0.0595 e. The fourth-order valence-electron chi connectivity index (χ4n) is 3.37. The first-order valence-corrected chi connectivity index (χ1v) is 9.31. The van der Waals surface area contributed by atoms with Crippen molar-refractivity contribution in [2.45, 2.75) is 29.7 Å². The van der Waals surface area contributed by atoms with E-state index in [0.29, 0.717) is 22.0 Å². The van der Waals surface area contributed by atoms with Crippen molar-refractivity contribution in [1.82, 2.24) is 10.0 Å². The van der Waals surface area contributed by atoms with E-state index in [-0.39, 0.29) is 0 Å². The number of nitrogens with one attached hydrogen (secondary N) is 2. The predicted octanol–water partition coefficient (Wildman–Crippen LogP) is 5.41. The highest BCUT2D eigenvalue weighted by atomic mass is 35.5. The Morgan fingerprint density at radius 1 is 0.957 bits per heavy atom. The number of benzene rings is 2. The molecule has 2 aromatic carbocycles. The van der Waals surface area contributed by atoms with E-state index in [2.05, 4.69) is 34.3 Å². The van der Waals surface area contributed by atoms with E-state index in [4.69, 9.17) is 23.2 Å². The van der Waals surface area contributed by atoms with Gasteiger partial charge in [-0.05, 0) is 79.8 Å². The van der Waals surface area contributed by atoms with Crippen LogP contribution in [0.3, 0.4) is 0 Å². The zero-order chi connectivity index (χ0) is 16.4. The maximum Gasteiger partial charge on any atom is 0.0595 e. The van der Waals surface area contributed by atoms with E-state index < -0.39 is 0 Å². The molecule has 2 unspecified atom stereocenters. The summed E-state index contributed by atoms with van der Waals surface area (Å²) in [7, 11) is 3.98. The zero-order valence-electron chi connectivity index (χ0n) is 13.2. The van der Waals surface area contributed by atoms with E-state index in [1.165, 1.54) is 21.6 Å². The van der Waals surface area contributed by atoms with Gasteiger partial charge in [-0.1, -0.05) is 35.3 Å². The van der Waals surface area contributed by atoms with Gasteiger partial charge < -0.3 is 5.32 Å². The molecule has 2 atom stereocenters. The Morgan fingerprint density at radius 2 is 1.78 bits per heavy atom. The Bertz CT molecular complexity index is 705. The van der Waals surface area contributed by atoms with Crippen LogP contribution in [0.15, 0.2) is 41.3 Å². The number of fused-ring (bicyclic) bond motifs is 1. The Hall–Kier alpha value is -0.710. The van der Waals surface area contributed by atoms with Crippen LogP contribution in [0.2, 0.25) is 10.0 Å². The second-order valence-corrected chi connectivity index (χ2v) is 7.64. The first-order chi connectivity index (χ1) is 11.1. The fourth-order valence-corrected chi connectivity index (χ4v) is 4.24. The fraction of sp³-hybridized carbons (Fsp3) is 0.333. The Balaban J connectivity index is 2.03. The number of hydrogen-bond donors (Lipinski definition) is 2. The third kappa shape index (κ3) is 3.54. The highest BCUT2D eigenvalue weighted by molar-refractivity contribution is 7.97. The lowest BCUT2D eigenvalue weighted by atomic mass is 9.77. The molecular weight excluding hydrogens is 347 g/mol. The predicted molar refractivity (Wildman–Crippen MR) is 101 cm³/mol. The van der Waals surface area contributed by atoms with Crippen LogP contribution in [0.25, 0.3) is 0 Å². The van der Waals surface area contributed by atoms with Crippen LogP contribution in [-0.4, -0.2) is 14.1 Å². The summed E-state index contributed by atoms with van der Waals surface area (Å²) >= 11 is 13.9. The molecule has 0 bridgehead atoms. The first kappa shape index (κ1) is 17.1. The summed E-state index contributed by atoms with van der Waals surface area (Å²) in [5, 5.41) is 4.69. The average Bonchev–Trinajstić information content (AvgIpc) is 2.56. The van der Waals surface area contributed by atoms with Crippen LogP contribution in [-0.2, 0) is 0 Å². The van der Waals surface area contributed by atoms with E-state index in [1.807, 2.05) is 26.2 Å². The minimum atomic E-state index is 0.373. The van der Waals surface area contributed by atoms with Crippen molar-refractivity contribution in [2.24, 2.45) is 0 Å². The lowest BCUT2D eigenvalue weighted by Gasteiger charge is -2.32. The summed E-state index contributed by atoms with van der Waals surface area (Å²) in [4.78, 5) is 1.24. The highest BCUT2D eigenvalue weighted by Gasteiger charge is 2.28. The lowest BCUT2D eigenvalue weighted by Crippen LogP contribution is -2.24. The first-order valence-electron chi connectivity index (χ1n) is 7.73. The van der Waals surface area contributed by atoms with E-state index >= 15 is 0 Å². The summed E-state index contributed by atoms with van der Waals surface area (Å²) in [5.74, 6) is 0.373. The molecule has 0 aromatic heterocycles. The van der Waals surface area contributed by atoms with Gasteiger partial charge in [0.2, 0.25) is 0 Å². The molecule has 0 saturated carbocycles. The standard InChI is InChI=1S/C18H20Cl2N2S/c1-21-18-8-6-13(11-3-7-16(19)17(20)9-11)14-5-4-12(23-22-2)10-15(14)18/h3-5,7,9-10,13,18,21-22H,6,8H2,1-2H3. The second kappa shape index (κ2) is 7.45. The van der Waals surface area contributed by atoms with E-state index in [9.17, 15) is 0 Å². The minimum Gasteiger partial charge on any atom is -0.313 e. The summed E-state index contributed by atoms with van der Waals surface area (Å²) < 4.78 is 3.14. The largest absolute Gasteiger partial charge is 0.313 e. The lowest BCUT2D eigenvalue weighted by molar-refractivity contribution is 0.470. The molecule has 2 aromatic rings. The van der Waals surface area contributed by atoms with Gasteiger partial charge in [0.05, 0.1) is 10.0 Å². The minimum absolute atomic E-state index is 0.373. The third-order valence-electron chi connectivity index (χ3n) is 4.47. The highest BCUT2D eigenvalue weighted by Crippen LogP contribution is 2.43. The number of halogens is 2. The van der Waals surface area contributed by atoms with Crippen LogP contribution < -0.4 is 10.0 Å². The maximum absolute atomic E-state index is 6.23. The summed E-state index contributed by atoms with van der Waals surface area (Å²) in [6.07, 6.45) is 2.22. The van der Waals surface area contributed by atoms with E-state index in [1.54, 1.807) is 11.9 Å². The van der Waals surface area contributed by atoms with Crippen molar-refractivity contribution in [3.8, 4) is 0 Å². The molecule has 2 nitrogen and oxygen atoms in total. The Kier molecular flexibility index (Phi) is 5.55. The molecule has 0 radical (unpaired) electrons. The maximum atomic E-state index is 6.23.